The molecule has 0 radical (unpaired) electrons. The molecule has 0 fully saturated rings. The zero-order chi connectivity index (χ0) is 16.1. The number of aromatic nitrogens is 2. The number of nitrogens with zero attached hydrogens (tertiary/aromatic N) is 3. The summed E-state index contributed by atoms with van der Waals surface area (Å²) in [5.41, 5.74) is 1.89. The highest BCUT2D eigenvalue weighted by atomic mass is 16.1. The molecule has 0 aliphatic carbocycles. The summed E-state index contributed by atoms with van der Waals surface area (Å²) in [6.07, 6.45) is 1.53. The van der Waals surface area contributed by atoms with E-state index >= 15 is 0 Å². The lowest BCUT2D eigenvalue weighted by atomic mass is 10.2. The van der Waals surface area contributed by atoms with Crippen LogP contribution in [0.4, 0.5) is 0 Å². The molecule has 5 heteroatoms. The van der Waals surface area contributed by atoms with Gasteiger partial charge < -0.3 is 5.32 Å². The van der Waals surface area contributed by atoms with Gasteiger partial charge in [0.2, 0.25) is 0 Å². The molecule has 0 aliphatic rings. The average molecular weight is 300 g/mol. The molecule has 1 amide bonds. The Morgan fingerprint density at radius 2 is 1.77 bits per heavy atom. The summed E-state index contributed by atoms with van der Waals surface area (Å²) in [5, 5.41) is 2.92. The molecule has 1 aromatic carbocycles. The van der Waals surface area contributed by atoms with Gasteiger partial charge in [0.05, 0.1) is 17.2 Å². The Hall–Kier alpha value is -2.01. The predicted octanol–water partition coefficient (Wildman–Crippen LogP) is 2.48. The fourth-order valence-electron chi connectivity index (χ4n) is 2.57. The van der Waals surface area contributed by atoms with E-state index < -0.39 is 0 Å². The van der Waals surface area contributed by atoms with Crippen LogP contribution in [-0.2, 0) is 0 Å². The molecule has 1 heterocycles. The monoisotopic (exact) mass is 300 g/mol. The maximum absolute atomic E-state index is 12.2. The quantitative estimate of drug-likeness (QED) is 0.890. The van der Waals surface area contributed by atoms with Crippen LogP contribution in [0.1, 0.15) is 38.2 Å². The van der Waals surface area contributed by atoms with Crippen molar-refractivity contribution in [2.75, 3.05) is 13.1 Å². The van der Waals surface area contributed by atoms with Crippen molar-refractivity contribution < 1.29 is 4.79 Å². The van der Waals surface area contributed by atoms with Crippen LogP contribution in [0.15, 0.2) is 30.5 Å². The van der Waals surface area contributed by atoms with E-state index in [9.17, 15) is 4.79 Å². The lowest BCUT2D eigenvalue weighted by Gasteiger charge is -2.30. The molecular weight excluding hydrogens is 276 g/mol. The molecule has 0 bridgehead atoms. The zero-order valence-corrected chi connectivity index (χ0v) is 13.7. The largest absolute Gasteiger partial charge is 0.349 e. The number of carbonyl (C=O) groups excluding carboxylic acids is 1. The van der Waals surface area contributed by atoms with E-state index in [0.717, 1.165) is 17.6 Å². The highest BCUT2D eigenvalue weighted by molar-refractivity contribution is 5.93. The van der Waals surface area contributed by atoms with Gasteiger partial charge in [-0.25, -0.2) is 4.98 Å². The SMILES string of the molecule is CC(C)N(CCNC(=O)c1cnc2ccccc2n1)C(C)C. The van der Waals surface area contributed by atoms with Gasteiger partial charge in [-0.15, -0.1) is 0 Å². The van der Waals surface area contributed by atoms with E-state index in [-0.39, 0.29) is 5.91 Å². The molecule has 0 aliphatic heterocycles. The number of rotatable bonds is 6. The summed E-state index contributed by atoms with van der Waals surface area (Å²) in [7, 11) is 0. The van der Waals surface area contributed by atoms with Crippen molar-refractivity contribution in [1.29, 1.82) is 0 Å². The highest BCUT2D eigenvalue weighted by Gasteiger charge is 2.14. The van der Waals surface area contributed by atoms with Gasteiger partial charge in [-0.3, -0.25) is 14.7 Å². The normalized spacial score (nSPS) is 11.6. The summed E-state index contributed by atoms with van der Waals surface area (Å²) in [6, 6.07) is 8.45. The van der Waals surface area contributed by atoms with Crippen LogP contribution in [0, 0.1) is 0 Å². The standard InChI is InChI=1S/C17H24N4O/c1-12(2)21(13(3)4)10-9-18-17(22)16-11-19-14-7-5-6-8-15(14)20-16/h5-8,11-13H,9-10H2,1-4H3,(H,18,22). The highest BCUT2D eigenvalue weighted by Crippen LogP contribution is 2.08. The predicted molar refractivity (Wildman–Crippen MR) is 88.8 cm³/mol. The van der Waals surface area contributed by atoms with Gasteiger partial charge in [0.25, 0.3) is 5.91 Å². The summed E-state index contributed by atoms with van der Waals surface area (Å²) < 4.78 is 0. The minimum absolute atomic E-state index is 0.175. The smallest absolute Gasteiger partial charge is 0.271 e. The van der Waals surface area contributed by atoms with Gasteiger partial charge in [-0.1, -0.05) is 12.1 Å². The van der Waals surface area contributed by atoms with Crippen molar-refractivity contribution in [2.45, 2.75) is 39.8 Å². The topological polar surface area (TPSA) is 58.1 Å². The first kappa shape index (κ1) is 16.4. The summed E-state index contributed by atoms with van der Waals surface area (Å²) >= 11 is 0. The van der Waals surface area contributed by atoms with Crippen LogP contribution in [0.3, 0.4) is 0 Å². The van der Waals surface area contributed by atoms with E-state index in [1.54, 1.807) is 0 Å². The van der Waals surface area contributed by atoms with Crippen LogP contribution in [0.5, 0.6) is 0 Å². The lowest BCUT2D eigenvalue weighted by Crippen LogP contribution is -2.42. The molecule has 0 saturated carbocycles. The lowest BCUT2D eigenvalue weighted by molar-refractivity contribution is 0.0934. The maximum atomic E-state index is 12.2. The summed E-state index contributed by atoms with van der Waals surface area (Å²) in [6.45, 7) is 10.1. The summed E-state index contributed by atoms with van der Waals surface area (Å²) in [4.78, 5) is 23.1. The number of hydrogen-bond acceptors (Lipinski definition) is 4. The molecule has 5 nitrogen and oxygen atoms in total. The third-order valence-corrected chi connectivity index (χ3v) is 3.66. The average Bonchev–Trinajstić information content (AvgIpc) is 2.50. The Balaban J connectivity index is 1.96. The van der Waals surface area contributed by atoms with Gasteiger partial charge in [0.15, 0.2) is 0 Å². The van der Waals surface area contributed by atoms with Crippen molar-refractivity contribution in [3.63, 3.8) is 0 Å². The summed E-state index contributed by atoms with van der Waals surface area (Å²) in [5.74, 6) is -0.175. The van der Waals surface area contributed by atoms with Gasteiger partial charge >= 0.3 is 0 Å². The molecule has 0 atom stereocenters. The minimum atomic E-state index is -0.175. The third kappa shape index (κ3) is 4.01. The fraction of sp³-hybridized carbons (Fsp3) is 0.471. The van der Waals surface area contributed by atoms with Gasteiger partial charge in [0, 0.05) is 25.2 Å². The van der Waals surface area contributed by atoms with Crippen molar-refractivity contribution >= 4 is 16.9 Å². The van der Waals surface area contributed by atoms with E-state index in [2.05, 4.69) is 47.9 Å². The number of benzene rings is 1. The molecule has 22 heavy (non-hydrogen) atoms. The molecule has 0 spiro atoms. The number of para-hydroxylation sites is 2. The minimum Gasteiger partial charge on any atom is -0.349 e. The Bertz CT molecular complexity index is 631. The van der Waals surface area contributed by atoms with Crippen LogP contribution < -0.4 is 5.32 Å². The van der Waals surface area contributed by atoms with Crippen LogP contribution in [0.2, 0.25) is 0 Å². The second-order valence-electron chi connectivity index (χ2n) is 5.93. The van der Waals surface area contributed by atoms with Crippen molar-refractivity contribution in [3.05, 3.63) is 36.2 Å². The Morgan fingerprint density at radius 3 is 2.41 bits per heavy atom. The molecular formula is C17H24N4O. The second kappa shape index (κ2) is 7.31. The molecule has 2 rings (SSSR count). The van der Waals surface area contributed by atoms with E-state index in [4.69, 9.17) is 0 Å². The van der Waals surface area contributed by atoms with Gasteiger partial charge in [0.1, 0.15) is 5.69 Å². The van der Waals surface area contributed by atoms with E-state index in [0.29, 0.717) is 24.3 Å². The third-order valence-electron chi connectivity index (χ3n) is 3.66. The number of carbonyl (C=O) groups is 1. The van der Waals surface area contributed by atoms with Crippen LogP contribution >= 0.6 is 0 Å². The van der Waals surface area contributed by atoms with Crippen molar-refractivity contribution in [2.24, 2.45) is 0 Å². The number of fused-ring (bicyclic) bond motifs is 1. The van der Waals surface area contributed by atoms with Crippen LogP contribution in [-0.4, -0.2) is 45.9 Å². The van der Waals surface area contributed by atoms with E-state index in [1.807, 2.05) is 24.3 Å². The first-order valence-electron chi connectivity index (χ1n) is 7.74. The maximum Gasteiger partial charge on any atom is 0.271 e. The number of amides is 1. The first-order valence-corrected chi connectivity index (χ1v) is 7.74. The Labute approximate surface area is 131 Å². The molecule has 0 unspecified atom stereocenters. The second-order valence-corrected chi connectivity index (χ2v) is 5.93. The molecule has 118 valence electrons. The fourth-order valence-corrected chi connectivity index (χ4v) is 2.57. The van der Waals surface area contributed by atoms with E-state index in [1.165, 1.54) is 6.20 Å². The molecule has 2 aromatic rings. The molecule has 0 saturated heterocycles. The van der Waals surface area contributed by atoms with Gasteiger partial charge in [-0.2, -0.15) is 0 Å². The Kier molecular flexibility index (Phi) is 5.44. The number of hydrogen-bond donors (Lipinski definition) is 1. The molecule has 1 N–H and O–H groups in total. The van der Waals surface area contributed by atoms with Crippen molar-refractivity contribution in [3.8, 4) is 0 Å². The van der Waals surface area contributed by atoms with Gasteiger partial charge in [-0.05, 0) is 39.8 Å². The zero-order valence-electron chi connectivity index (χ0n) is 13.7. The Morgan fingerprint density at radius 1 is 1.14 bits per heavy atom. The van der Waals surface area contributed by atoms with Crippen LogP contribution in [0.25, 0.3) is 11.0 Å². The number of nitrogens with one attached hydrogen (secondary N) is 1. The molecule has 1 aromatic heterocycles. The first-order chi connectivity index (χ1) is 10.5. The van der Waals surface area contributed by atoms with Crippen molar-refractivity contribution in [1.82, 2.24) is 20.2 Å².